The van der Waals surface area contributed by atoms with Gasteiger partial charge in [0.05, 0.1) is 0 Å². The van der Waals surface area contributed by atoms with Crippen LogP contribution < -0.4 is 9.47 Å². The Bertz CT molecular complexity index is 1460. The van der Waals surface area contributed by atoms with Gasteiger partial charge in [0.1, 0.15) is 18.1 Å². The molecule has 4 unspecified atom stereocenters. The van der Waals surface area contributed by atoms with Crippen molar-refractivity contribution in [1.29, 1.82) is 0 Å². The van der Waals surface area contributed by atoms with E-state index in [1.807, 2.05) is 18.2 Å². The minimum absolute atomic E-state index is 0.316. The van der Waals surface area contributed by atoms with E-state index in [2.05, 4.69) is 119 Å². The number of hydrogen-bond donors (Lipinski definition) is 0. The SMILES string of the molecule is CC1C=C(Oc2ccc(Br)cn2)C=CC1C1c2ccc(OCc3ccccc3)cc2CCC1c1ccccc1. The molecule has 39 heavy (non-hydrogen) atoms. The first-order chi connectivity index (χ1) is 19.1. The van der Waals surface area contributed by atoms with Crippen LogP contribution in [0.4, 0.5) is 0 Å². The van der Waals surface area contributed by atoms with Crippen LogP contribution in [0.3, 0.4) is 0 Å². The van der Waals surface area contributed by atoms with Crippen LogP contribution in [0.5, 0.6) is 11.6 Å². The highest BCUT2D eigenvalue weighted by atomic mass is 79.9. The van der Waals surface area contributed by atoms with Gasteiger partial charge < -0.3 is 9.47 Å². The quantitative estimate of drug-likeness (QED) is 0.219. The molecule has 0 amide bonds. The molecule has 4 atom stereocenters. The molecular formula is C35H32BrNO2. The van der Waals surface area contributed by atoms with Gasteiger partial charge in [-0.05, 0) is 105 Å². The molecule has 0 saturated heterocycles. The molecule has 4 aromatic rings. The van der Waals surface area contributed by atoms with Gasteiger partial charge >= 0.3 is 0 Å². The monoisotopic (exact) mass is 577 g/mol. The Balaban J connectivity index is 1.27. The second kappa shape index (κ2) is 11.6. The van der Waals surface area contributed by atoms with Crippen LogP contribution in [0.2, 0.25) is 0 Å². The molecule has 0 radical (unpaired) electrons. The number of rotatable bonds is 7. The number of fused-ring (bicyclic) bond motifs is 1. The summed E-state index contributed by atoms with van der Waals surface area (Å²) in [6.07, 6.45) is 10.7. The van der Waals surface area contributed by atoms with Crippen molar-refractivity contribution >= 4 is 15.9 Å². The molecule has 0 bridgehead atoms. The number of halogens is 1. The molecule has 6 rings (SSSR count). The topological polar surface area (TPSA) is 31.4 Å². The third kappa shape index (κ3) is 5.86. The highest BCUT2D eigenvalue weighted by molar-refractivity contribution is 9.10. The Morgan fingerprint density at radius 2 is 1.72 bits per heavy atom. The fourth-order valence-electron chi connectivity index (χ4n) is 6.08. The molecule has 4 heteroatoms. The van der Waals surface area contributed by atoms with Crippen LogP contribution in [-0.2, 0) is 13.0 Å². The van der Waals surface area contributed by atoms with E-state index in [9.17, 15) is 0 Å². The zero-order chi connectivity index (χ0) is 26.6. The summed E-state index contributed by atoms with van der Waals surface area (Å²) in [5, 5.41) is 0. The zero-order valence-electron chi connectivity index (χ0n) is 22.0. The summed E-state index contributed by atoms with van der Waals surface area (Å²) in [7, 11) is 0. The lowest BCUT2D eigenvalue weighted by Gasteiger charge is -2.41. The summed E-state index contributed by atoms with van der Waals surface area (Å²) in [5.41, 5.74) is 5.45. The fraction of sp³-hybridized carbons (Fsp3) is 0.229. The standard InChI is InChI=1S/C35H32BrNO2/c1-24-20-30(39-34-19-13-28(36)22-37-34)15-17-31(24)35-32(26-10-6-3-7-11-26)16-12-27-21-29(14-18-33(27)35)38-23-25-8-4-2-5-9-25/h2-11,13-15,17-22,24,31-32,35H,12,16,23H2,1H3. The Morgan fingerprint density at radius 1 is 0.923 bits per heavy atom. The van der Waals surface area contributed by atoms with E-state index in [-0.39, 0.29) is 0 Å². The van der Waals surface area contributed by atoms with Crippen molar-refractivity contribution in [2.75, 3.05) is 0 Å². The van der Waals surface area contributed by atoms with Gasteiger partial charge in [-0.2, -0.15) is 0 Å². The summed E-state index contributed by atoms with van der Waals surface area (Å²) in [5.74, 6) is 3.90. The first-order valence-corrected chi connectivity index (χ1v) is 14.5. The zero-order valence-corrected chi connectivity index (χ0v) is 23.6. The average Bonchev–Trinajstić information content (AvgIpc) is 2.98. The van der Waals surface area contributed by atoms with E-state index in [0.29, 0.717) is 36.2 Å². The Morgan fingerprint density at radius 3 is 2.46 bits per heavy atom. The molecule has 1 heterocycles. The van der Waals surface area contributed by atoms with Gasteiger partial charge in [-0.1, -0.05) is 79.7 Å². The Labute approximate surface area is 239 Å². The van der Waals surface area contributed by atoms with Gasteiger partial charge in [0.2, 0.25) is 5.88 Å². The molecule has 0 spiro atoms. The average molecular weight is 579 g/mol. The Hall–Kier alpha value is -3.63. The number of hydrogen-bond acceptors (Lipinski definition) is 3. The molecular weight excluding hydrogens is 546 g/mol. The van der Waals surface area contributed by atoms with E-state index in [1.54, 1.807) is 6.20 Å². The molecule has 3 aromatic carbocycles. The number of aromatic nitrogens is 1. The Kier molecular flexibility index (Phi) is 7.64. The van der Waals surface area contributed by atoms with Crippen molar-refractivity contribution in [3.05, 3.63) is 148 Å². The summed E-state index contributed by atoms with van der Waals surface area (Å²) in [4.78, 5) is 4.37. The van der Waals surface area contributed by atoms with Crippen LogP contribution in [0.15, 0.2) is 126 Å². The van der Waals surface area contributed by atoms with Crippen molar-refractivity contribution in [2.45, 2.75) is 38.2 Å². The minimum atomic E-state index is 0.316. The fourth-order valence-corrected chi connectivity index (χ4v) is 6.31. The van der Waals surface area contributed by atoms with E-state index >= 15 is 0 Å². The van der Waals surface area contributed by atoms with Gasteiger partial charge in [-0.3, -0.25) is 0 Å². The lowest BCUT2D eigenvalue weighted by molar-refractivity contribution is 0.302. The van der Waals surface area contributed by atoms with Crippen LogP contribution >= 0.6 is 15.9 Å². The first-order valence-electron chi connectivity index (χ1n) is 13.7. The lowest BCUT2D eigenvalue weighted by Crippen LogP contribution is -2.29. The summed E-state index contributed by atoms with van der Waals surface area (Å²) in [6.45, 7) is 2.89. The highest BCUT2D eigenvalue weighted by Crippen LogP contribution is 2.50. The molecule has 2 aliphatic rings. The normalized spacial score (nSPS) is 22.1. The summed E-state index contributed by atoms with van der Waals surface area (Å²) < 4.78 is 13.2. The predicted molar refractivity (Wildman–Crippen MR) is 160 cm³/mol. The number of aryl methyl sites for hydroxylation is 1. The minimum Gasteiger partial charge on any atom is -0.489 e. The maximum Gasteiger partial charge on any atom is 0.219 e. The predicted octanol–water partition coefficient (Wildman–Crippen LogP) is 9.02. The third-order valence-electron chi connectivity index (χ3n) is 7.96. The van der Waals surface area contributed by atoms with E-state index in [4.69, 9.17) is 9.47 Å². The summed E-state index contributed by atoms with van der Waals surface area (Å²) in [6, 6.07) is 32.0. The smallest absolute Gasteiger partial charge is 0.219 e. The van der Waals surface area contributed by atoms with Crippen LogP contribution in [0, 0.1) is 11.8 Å². The third-order valence-corrected chi connectivity index (χ3v) is 8.43. The van der Waals surface area contributed by atoms with E-state index in [1.165, 1.54) is 22.3 Å². The molecule has 0 aliphatic heterocycles. The maximum absolute atomic E-state index is 6.20. The highest BCUT2D eigenvalue weighted by Gasteiger charge is 2.38. The number of ether oxygens (including phenoxy) is 2. The van der Waals surface area contributed by atoms with Crippen LogP contribution in [-0.4, -0.2) is 4.98 Å². The number of nitrogens with zero attached hydrogens (tertiary/aromatic N) is 1. The van der Waals surface area contributed by atoms with E-state index < -0.39 is 0 Å². The molecule has 0 saturated carbocycles. The van der Waals surface area contributed by atoms with E-state index in [0.717, 1.165) is 28.8 Å². The second-order valence-corrected chi connectivity index (χ2v) is 11.4. The van der Waals surface area contributed by atoms with Crippen molar-refractivity contribution in [3.63, 3.8) is 0 Å². The largest absolute Gasteiger partial charge is 0.489 e. The lowest BCUT2D eigenvalue weighted by atomic mass is 9.63. The second-order valence-electron chi connectivity index (χ2n) is 10.5. The number of benzene rings is 3. The van der Waals surface area contributed by atoms with Gasteiger partial charge in [0.25, 0.3) is 0 Å². The van der Waals surface area contributed by atoms with Crippen molar-refractivity contribution in [2.24, 2.45) is 11.8 Å². The van der Waals surface area contributed by atoms with Crippen molar-refractivity contribution in [3.8, 4) is 11.6 Å². The van der Waals surface area contributed by atoms with Gasteiger partial charge in [-0.25, -0.2) is 4.98 Å². The van der Waals surface area contributed by atoms with Crippen molar-refractivity contribution < 1.29 is 9.47 Å². The molecule has 0 fully saturated rings. The first kappa shape index (κ1) is 25.6. The molecule has 1 aromatic heterocycles. The van der Waals surface area contributed by atoms with Crippen molar-refractivity contribution in [1.82, 2.24) is 4.98 Å². The summed E-state index contributed by atoms with van der Waals surface area (Å²) >= 11 is 3.44. The van der Waals surface area contributed by atoms with Gasteiger partial charge in [-0.15, -0.1) is 0 Å². The molecule has 3 nitrogen and oxygen atoms in total. The molecule has 2 aliphatic carbocycles. The number of allylic oxidation sites excluding steroid dienone is 3. The molecule has 196 valence electrons. The maximum atomic E-state index is 6.20. The van der Waals surface area contributed by atoms with Gasteiger partial charge in [0, 0.05) is 16.7 Å². The van der Waals surface area contributed by atoms with Crippen LogP contribution in [0.1, 0.15) is 47.4 Å². The number of pyridine rings is 1. The van der Waals surface area contributed by atoms with Gasteiger partial charge in [0.15, 0.2) is 0 Å². The van der Waals surface area contributed by atoms with Crippen LogP contribution in [0.25, 0.3) is 0 Å². The molecule has 0 N–H and O–H groups in total.